The SMILES string of the molecule is CCCCCCCCCCCC[C@H]1CO[C@H](c2ccc(-c3ccc(OCCCCCC)c(F)c3F)nc2)OC1. The maximum Gasteiger partial charge on any atom is 0.201 e. The Labute approximate surface area is 234 Å². The van der Waals surface area contributed by atoms with Crippen LogP contribution in [-0.2, 0) is 9.47 Å². The fourth-order valence-electron chi connectivity index (χ4n) is 5.08. The van der Waals surface area contributed by atoms with E-state index >= 15 is 0 Å². The first-order valence-electron chi connectivity index (χ1n) is 15.4. The molecule has 0 aliphatic carbocycles. The fourth-order valence-corrected chi connectivity index (χ4v) is 5.08. The quantitative estimate of drug-likeness (QED) is 0.165. The molecule has 1 aliphatic heterocycles. The Hall–Kier alpha value is -2.05. The molecular formula is C33H49F2NO3. The van der Waals surface area contributed by atoms with E-state index in [0.717, 1.165) is 37.7 Å². The lowest BCUT2D eigenvalue weighted by Crippen LogP contribution is -2.27. The molecule has 0 bridgehead atoms. The van der Waals surface area contributed by atoms with E-state index in [9.17, 15) is 8.78 Å². The van der Waals surface area contributed by atoms with Gasteiger partial charge in [0.15, 0.2) is 17.9 Å². The summed E-state index contributed by atoms with van der Waals surface area (Å²) in [5, 5.41) is 0. The number of benzene rings is 1. The van der Waals surface area contributed by atoms with E-state index < -0.39 is 17.9 Å². The summed E-state index contributed by atoms with van der Waals surface area (Å²) in [7, 11) is 0. The summed E-state index contributed by atoms with van der Waals surface area (Å²) in [6.45, 7) is 6.11. The van der Waals surface area contributed by atoms with Gasteiger partial charge in [-0.25, -0.2) is 4.39 Å². The number of nitrogens with zero attached hydrogens (tertiary/aromatic N) is 1. The molecule has 1 aromatic heterocycles. The van der Waals surface area contributed by atoms with Crippen LogP contribution >= 0.6 is 0 Å². The van der Waals surface area contributed by atoms with Gasteiger partial charge in [-0.2, -0.15) is 4.39 Å². The lowest BCUT2D eigenvalue weighted by molar-refractivity contribution is -0.206. The van der Waals surface area contributed by atoms with E-state index in [1.54, 1.807) is 12.3 Å². The normalized spacial score (nSPS) is 17.4. The van der Waals surface area contributed by atoms with Crippen molar-refractivity contribution in [3.63, 3.8) is 0 Å². The lowest BCUT2D eigenvalue weighted by Gasteiger charge is -2.29. The molecule has 0 spiro atoms. The summed E-state index contributed by atoms with van der Waals surface area (Å²) >= 11 is 0. The highest BCUT2D eigenvalue weighted by atomic mass is 19.2. The summed E-state index contributed by atoms with van der Waals surface area (Å²) in [6.07, 6.45) is 19.7. The summed E-state index contributed by atoms with van der Waals surface area (Å²) in [5.74, 6) is -1.55. The highest BCUT2D eigenvalue weighted by Gasteiger charge is 2.24. The van der Waals surface area contributed by atoms with Gasteiger partial charge in [-0.1, -0.05) is 103 Å². The van der Waals surface area contributed by atoms with E-state index in [0.29, 0.717) is 31.4 Å². The maximum absolute atomic E-state index is 14.8. The molecule has 0 N–H and O–H groups in total. The molecule has 4 nitrogen and oxygen atoms in total. The summed E-state index contributed by atoms with van der Waals surface area (Å²) in [6, 6.07) is 6.49. The van der Waals surface area contributed by atoms with Gasteiger partial charge in [-0.3, -0.25) is 4.98 Å². The van der Waals surface area contributed by atoms with Crippen LogP contribution in [0.4, 0.5) is 8.78 Å². The summed E-state index contributed by atoms with van der Waals surface area (Å²) < 4.78 is 46.8. The maximum atomic E-state index is 14.8. The molecule has 39 heavy (non-hydrogen) atoms. The Morgan fingerprint density at radius 1 is 0.744 bits per heavy atom. The average Bonchev–Trinajstić information content (AvgIpc) is 2.96. The number of rotatable bonds is 19. The first-order chi connectivity index (χ1) is 19.1. The minimum atomic E-state index is -0.971. The highest BCUT2D eigenvalue weighted by Crippen LogP contribution is 2.31. The van der Waals surface area contributed by atoms with Crippen LogP contribution < -0.4 is 4.74 Å². The molecular weight excluding hydrogens is 496 g/mol. The van der Waals surface area contributed by atoms with Crippen molar-refractivity contribution in [2.24, 2.45) is 5.92 Å². The molecule has 1 aliphatic rings. The predicted octanol–water partition coefficient (Wildman–Crippen LogP) is 9.96. The summed E-state index contributed by atoms with van der Waals surface area (Å²) in [4.78, 5) is 4.37. The van der Waals surface area contributed by atoms with Gasteiger partial charge in [0.1, 0.15) is 0 Å². The van der Waals surface area contributed by atoms with Crippen LogP contribution in [0.5, 0.6) is 5.75 Å². The molecule has 3 rings (SSSR count). The van der Waals surface area contributed by atoms with Gasteiger partial charge in [-0.15, -0.1) is 0 Å². The first kappa shape index (κ1) is 31.5. The second kappa shape index (κ2) is 18.3. The number of unbranched alkanes of at least 4 members (excludes halogenated alkanes) is 12. The average molecular weight is 546 g/mol. The van der Waals surface area contributed by atoms with Crippen LogP contribution in [0, 0.1) is 17.6 Å². The van der Waals surface area contributed by atoms with Gasteiger partial charge in [0, 0.05) is 23.2 Å². The van der Waals surface area contributed by atoms with Crippen molar-refractivity contribution < 1.29 is 23.0 Å². The van der Waals surface area contributed by atoms with Crippen molar-refractivity contribution in [1.82, 2.24) is 4.98 Å². The van der Waals surface area contributed by atoms with E-state index in [2.05, 4.69) is 18.8 Å². The van der Waals surface area contributed by atoms with Crippen LogP contribution in [0.1, 0.15) is 122 Å². The number of hydrogen-bond donors (Lipinski definition) is 0. The monoisotopic (exact) mass is 545 g/mol. The molecule has 1 saturated heterocycles. The van der Waals surface area contributed by atoms with Crippen molar-refractivity contribution in [3.8, 4) is 17.0 Å². The number of aromatic nitrogens is 1. The third-order valence-electron chi connectivity index (χ3n) is 7.57. The topological polar surface area (TPSA) is 40.6 Å². The highest BCUT2D eigenvalue weighted by molar-refractivity contribution is 5.61. The van der Waals surface area contributed by atoms with Crippen LogP contribution in [0.2, 0.25) is 0 Å². The van der Waals surface area contributed by atoms with Gasteiger partial charge in [0.05, 0.1) is 25.5 Å². The van der Waals surface area contributed by atoms with Crippen LogP contribution in [0.15, 0.2) is 30.5 Å². The van der Waals surface area contributed by atoms with Crippen LogP contribution in [0.25, 0.3) is 11.3 Å². The minimum absolute atomic E-state index is 0.0549. The van der Waals surface area contributed by atoms with E-state index in [-0.39, 0.29) is 11.3 Å². The molecule has 2 heterocycles. The van der Waals surface area contributed by atoms with Gasteiger partial charge in [-0.05, 0) is 31.0 Å². The van der Waals surface area contributed by atoms with Crippen LogP contribution in [0.3, 0.4) is 0 Å². The summed E-state index contributed by atoms with van der Waals surface area (Å²) in [5.41, 5.74) is 1.25. The Morgan fingerprint density at radius 3 is 1.97 bits per heavy atom. The van der Waals surface area contributed by atoms with E-state index in [1.165, 1.54) is 76.3 Å². The molecule has 0 saturated carbocycles. The number of pyridine rings is 1. The molecule has 2 aromatic rings. The third-order valence-corrected chi connectivity index (χ3v) is 7.57. The zero-order valence-electron chi connectivity index (χ0n) is 24.2. The van der Waals surface area contributed by atoms with Crippen molar-refractivity contribution in [1.29, 1.82) is 0 Å². The van der Waals surface area contributed by atoms with Gasteiger partial charge in [0.2, 0.25) is 5.82 Å². The molecule has 6 heteroatoms. The second-order valence-corrected chi connectivity index (χ2v) is 11.0. The first-order valence-corrected chi connectivity index (χ1v) is 15.4. The standard InChI is InChI=1S/C33H49F2NO3/c1-3-5-7-9-10-11-12-13-14-15-17-26-24-38-33(39-25-26)27-18-20-29(36-23-27)28-19-21-30(32(35)31(28)34)37-22-16-8-6-4-2/h18-21,23,26,33H,3-17,22,24-25H2,1-2H3/t26-,33-. The Bertz CT molecular complexity index is 929. The van der Waals surface area contributed by atoms with E-state index in [4.69, 9.17) is 14.2 Å². The minimum Gasteiger partial charge on any atom is -0.490 e. The molecule has 0 unspecified atom stereocenters. The number of halogens is 2. The largest absolute Gasteiger partial charge is 0.490 e. The van der Waals surface area contributed by atoms with Crippen LogP contribution in [-0.4, -0.2) is 24.8 Å². The smallest absolute Gasteiger partial charge is 0.201 e. The van der Waals surface area contributed by atoms with Gasteiger partial charge in [0.25, 0.3) is 0 Å². The molecule has 218 valence electrons. The fraction of sp³-hybridized carbons (Fsp3) is 0.667. The Kier molecular flexibility index (Phi) is 14.8. The molecule has 0 atom stereocenters. The van der Waals surface area contributed by atoms with Crippen molar-refractivity contribution >= 4 is 0 Å². The predicted molar refractivity (Wildman–Crippen MR) is 154 cm³/mol. The van der Waals surface area contributed by atoms with E-state index in [1.807, 2.05) is 6.07 Å². The molecule has 0 radical (unpaired) electrons. The zero-order valence-corrected chi connectivity index (χ0v) is 24.2. The molecule has 0 amide bonds. The van der Waals surface area contributed by atoms with Gasteiger partial charge < -0.3 is 14.2 Å². The number of ether oxygens (including phenoxy) is 3. The number of hydrogen-bond acceptors (Lipinski definition) is 4. The van der Waals surface area contributed by atoms with Gasteiger partial charge >= 0.3 is 0 Å². The van der Waals surface area contributed by atoms with Crippen molar-refractivity contribution in [2.75, 3.05) is 19.8 Å². The second-order valence-electron chi connectivity index (χ2n) is 11.0. The van der Waals surface area contributed by atoms with Crippen molar-refractivity contribution in [2.45, 2.75) is 116 Å². The molecule has 1 fully saturated rings. The van der Waals surface area contributed by atoms with Crippen molar-refractivity contribution in [3.05, 3.63) is 47.7 Å². The lowest BCUT2D eigenvalue weighted by atomic mass is 10.0. The third kappa shape index (κ3) is 10.8. The molecule has 1 aromatic carbocycles. The Morgan fingerprint density at radius 2 is 1.36 bits per heavy atom. The Balaban J connectivity index is 1.37. The zero-order chi connectivity index (χ0) is 27.7.